The van der Waals surface area contributed by atoms with Crippen LogP contribution in [0.2, 0.25) is 0 Å². The number of fused-ring (bicyclic) bond motifs is 2. The van der Waals surface area contributed by atoms with Crippen LogP contribution in [0.3, 0.4) is 0 Å². The number of rotatable bonds is 2. The summed E-state index contributed by atoms with van der Waals surface area (Å²) in [6.07, 6.45) is 5.11. The Morgan fingerprint density at radius 2 is 2.07 bits per heavy atom. The van der Waals surface area contributed by atoms with E-state index in [1.807, 2.05) is 0 Å². The molecule has 0 aromatic carbocycles. The summed E-state index contributed by atoms with van der Waals surface area (Å²) in [4.78, 5) is 2.68. The Morgan fingerprint density at radius 3 is 2.67 bits per heavy atom. The van der Waals surface area contributed by atoms with Crippen LogP contribution in [0.1, 0.15) is 31.2 Å². The van der Waals surface area contributed by atoms with Crippen LogP contribution in [0.15, 0.2) is 16.8 Å². The molecule has 0 spiro atoms. The molecule has 3 rings (SSSR count). The minimum Gasteiger partial charge on any atom is -0.293 e. The van der Waals surface area contributed by atoms with E-state index in [0.717, 1.165) is 18.6 Å². The fourth-order valence-electron chi connectivity index (χ4n) is 3.06. The molecule has 0 amide bonds. The van der Waals surface area contributed by atoms with Crippen LogP contribution in [0.4, 0.5) is 0 Å². The zero-order chi connectivity index (χ0) is 10.3. The van der Waals surface area contributed by atoms with Crippen molar-refractivity contribution >= 4 is 22.9 Å². The first-order valence-corrected chi connectivity index (χ1v) is 7.12. The Kier molecular flexibility index (Phi) is 2.75. The number of hydrogen-bond acceptors (Lipinski definition) is 2. The molecule has 2 aliphatic rings. The maximum absolute atomic E-state index is 6.27. The standard InChI is InChI=1S/C12H16ClNS/c13-10-5-11-1-2-12(6-10)14(11)7-9-3-4-15-8-9/h3-4,8,10-12H,1-2,5-7H2. The maximum Gasteiger partial charge on any atom is 0.0365 e. The predicted molar refractivity (Wildman–Crippen MR) is 65.5 cm³/mol. The van der Waals surface area contributed by atoms with E-state index in [1.165, 1.54) is 31.2 Å². The highest BCUT2D eigenvalue weighted by Gasteiger charge is 2.39. The molecule has 0 radical (unpaired) electrons. The Balaban J connectivity index is 1.72. The van der Waals surface area contributed by atoms with Gasteiger partial charge in [0, 0.05) is 24.0 Å². The van der Waals surface area contributed by atoms with Crippen molar-refractivity contribution < 1.29 is 0 Å². The summed E-state index contributed by atoms with van der Waals surface area (Å²) < 4.78 is 0. The van der Waals surface area contributed by atoms with E-state index < -0.39 is 0 Å². The molecular formula is C12H16ClNS. The van der Waals surface area contributed by atoms with Gasteiger partial charge in [0.2, 0.25) is 0 Å². The highest BCUT2D eigenvalue weighted by atomic mass is 35.5. The summed E-state index contributed by atoms with van der Waals surface area (Å²) in [7, 11) is 0. The van der Waals surface area contributed by atoms with E-state index in [0.29, 0.717) is 5.38 Å². The predicted octanol–water partition coefficient (Wildman–Crippen LogP) is 3.48. The van der Waals surface area contributed by atoms with Gasteiger partial charge in [-0.25, -0.2) is 0 Å². The zero-order valence-corrected chi connectivity index (χ0v) is 10.3. The first-order valence-electron chi connectivity index (χ1n) is 5.74. The van der Waals surface area contributed by atoms with Gasteiger partial charge in [0.15, 0.2) is 0 Å². The van der Waals surface area contributed by atoms with Gasteiger partial charge in [-0.15, -0.1) is 11.6 Å². The monoisotopic (exact) mass is 241 g/mol. The van der Waals surface area contributed by atoms with Gasteiger partial charge < -0.3 is 0 Å². The van der Waals surface area contributed by atoms with E-state index in [9.17, 15) is 0 Å². The third-order valence-electron chi connectivity index (χ3n) is 3.77. The van der Waals surface area contributed by atoms with Gasteiger partial charge in [0.25, 0.3) is 0 Å². The highest BCUT2D eigenvalue weighted by molar-refractivity contribution is 7.07. The van der Waals surface area contributed by atoms with Crippen LogP contribution in [-0.2, 0) is 6.54 Å². The molecule has 2 aliphatic heterocycles. The van der Waals surface area contributed by atoms with Gasteiger partial charge >= 0.3 is 0 Å². The molecule has 3 heteroatoms. The van der Waals surface area contributed by atoms with Crippen molar-refractivity contribution in [2.24, 2.45) is 0 Å². The lowest BCUT2D eigenvalue weighted by Crippen LogP contribution is -2.42. The van der Waals surface area contributed by atoms with Gasteiger partial charge in [-0.3, -0.25) is 4.90 Å². The van der Waals surface area contributed by atoms with E-state index in [4.69, 9.17) is 11.6 Å². The molecule has 15 heavy (non-hydrogen) atoms. The fourth-order valence-corrected chi connectivity index (χ4v) is 4.13. The van der Waals surface area contributed by atoms with Gasteiger partial charge in [-0.2, -0.15) is 11.3 Å². The number of thiophene rings is 1. The average Bonchev–Trinajstić information content (AvgIpc) is 2.77. The Morgan fingerprint density at radius 1 is 1.33 bits per heavy atom. The third kappa shape index (κ3) is 1.95. The Bertz CT molecular complexity index is 310. The molecule has 0 saturated carbocycles. The van der Waals surface area contributed by atoms with Gasteiger partial charge in [0.1, 0.15) is 0 Å². The number of halogens is 1. The lowest BCUT2D eigenvalue weighted by molar-refractivity contribution is 0.134. The van der Waals surface area contributed by atoms with Crippen molar-refractivity contribution in [1.29, 1.82) is 0 Å². The van der Waals surface area contributed by atoms with Crippen molar-refractivity contribution in [3.8, 4) is 0 Å². The molecule has 2 unspecified atom stereocenters. The van der Waals surface area contributed by atoms with Crippen LogP contribution in [0, 0.1) is 0 Å². The number of hydrogen-bond donors (Lipinski definition) is 0. The van der Waals surface area contributed by atoms with Crippen molar-refractivity contribution in [2.75, 3.05) is 0 Å². The second kappa shape index (κ2) is 4.08. The summed E-state index contributed by atoms with van der Waals surface area (Å²) in [6, 6.07) is 3.76. The normalized spacial score (nSPS) is 35.9. The molecule has 0 N–H and O–H groups in total. The molecule has 2 atom stereocenters. The Labute approximate surface area is 100 Å². The molecule has 82 valence electrons. The lowest BCUT2D eigenvalue weighted by Gasteiger charge is -2.36. The van der Waals surface area contributed by atoms with Crippen LogP contribution < -0.4 is 0 Å². The van der Waals surface area contributed by atoms with Gasteiger partial charge in [-0.05, 0) is 48.1 Å². The van der Waals surface area contributed by atoms with Crippen LogP contribution in [0.5, 0.6) is 0 Å². The van der Waals surface area contributed by atoms with E-state index in [1.54, 1.807) is 11.3 Å². The van der Waals surface area contributed by atoms with Gasteiger partial charge in [0.05, 0.1) is 0 Å². The van der Waals surface area contributed by atoms with E-state index in [-0.39, 0.29) is 0 Å². The second-order valence-electron chi connectivity index (χ2n) is 4.76. The molecule has 0 aliphatic carbocycles. The van der Waals surface area contributed by atoms with E-state index in [2.05, 4.69) is 21.7 Å². The van der Waals surface area contributed by atoms with Crippen molar-refractivity contribution in [1.82, 2.24) is 4.90 Å². The zero-order valence-electron chi connectivity index (χ0n) is 8.73. The first kappa shape index (κ1) is 10.1. The molecule has 1 aromatic heterocycles. The number of alkyl halides is 1. The molecule has 2 fully saturated rings. The van der Waals surface area contributed by atoms with Crippen molar-refractivity contribution in [2.45, 2.75) is 49.7 Å². The van der Waals surface area contributed by atoms with Crippen molar-refractivity contribution in [3.05, 3.63) is 22.4 Å². The molecule has 2 bridgehead atoms. The average molecular weight is 242 g/mol. The lowest BCUT2D eigenvalue weighted by atomic mass is 10.0. The highest BCUT2D eigenvalue weighted by Crippen LogP contribution is 2.38. The molecule has 1 aromatic rings. The molecular weight excluding hydrogens is 226 g/mol. The second-order valence-corrected chi connectivity index (χ2v) is 6.15. The molecule has 2 saturated heterocycles. The minimum absolute atomic E-state index is 0.432. The minimum atomic E-state index is 0.432. The Hall–Kier alpha value is -0.0500. The SMILES string of the molecule is ClC1CC2CCC(C1)N2Cc1ccsc1. The maximum atomic E-state index is 6.27. The first-order chi connectivity index (χ1) is 7.33. The third-order valence-corrected chi connectivity index (χ3v) is 4.86. The van der Waals surface area contributed by atoms with Crippen LogP contribution in [-0.4, -0.2) is 22.4 Å². The summed E-state index contributed by atoms with van der Waals surface area (Å²) in [5.74, 6) is 0. The fraction of sp³-hybridized carbons (Fsp3) is 0.667. The molecule has 1 nitrogen and oxygen atoms in total. The van der Waals surface area contributed by atoms with Crippen molar-refractivity contribution in [3.63, 3.8) is 0 Å². The quantitative estimate of drug-likeness (QED) is 0.717. The molecule has 3 heterocycles. The summed E-state index contributed by atoms with van der Waals surface area (Å²) >= 11 is 8.07. The number of piperidine rings is 1. The number of nitrogens with zero attached hydrogens (tertiary/aromatic N) is 1. The topological polar surface area (TPSA) is 3.24 Å². The largest absolute Gasteiger partial charge is 0.293 e. The smallest absolute Gasteiger partial charge is 0.0365 e. The summed E-state index contributed by atoms with van der Waals surface area (Å²) in [5, 5.41) is 4.87. The summed E-state index contributed by atoms with van der Waals surface area (Å²) in [6.45, 7) is 1.14. The van der Waals surface area contributed by atoms with Gasteiger partial charge in [-0.1, -0.05) is 0 Å². The summed E-state index contributed by atoms with van der Waals surface area (Å²) in [5.41, 5.74) is 1.48. The van der Waals surface area contributed by atoms with Crippen LogP contribution >= 0.6 is 22.9 Å². The van der Waals surface area contributed by atoms with E-state index >= 15 is 0 Å². The van der Waals surface area contributed by atoms with Crippen LogP contribution in [0.25, 0.3) is 0 Å².